The maximum absolute atomic E-state index is 6.59. The van der Waals surface area contributed by atoms with E-state index in [2.05, 4.69) is 91.0 Å². The SMILES string of the molecule is c1ccc2c(c1)-c1ccc(-c3ncc4ccccc4n3)cc1C21c2ccccc2-c2oc3ccccc3c21. The zero-order valence-electron chi connectivity index (χ0n) is 20.3. The quantitative estimate of drug-likeness (QED) is 0.235. The van der Waals surface area contributed by atoms with Crippen LogP contribution in [-0.4, -0.2) is 9.97 Å². The van der Waals surface area contributed by atoms with Gasteiger partial charge in [0.25, 0.3) is 0 Å². The number of furan rings is 1. The van der Waals surface area contributed by atoms with Gasteiger partial charge in [-0.05, 0) is 46.0 Å². The van der Waals surface area contributed by atoms with Gasteiger partial charge in [0.05, 0.1) is 10.9 Å². The minimum atomic E-state index is -0.475. The molecule has 2 aromatic heterocycles. The molecule has 0 amide bonds. The van der Waals surface area contributed by atoms with Gasteiger partial charge in [-0.1, -0.05) is 97.1 Å². The molecule has 9 rings (SSSR count). The van der Waals surface area contributed by atoms with Crippen molar-refractivity contribution in [3.8, 4) is 33.8 Å². The first-order chi connectivity index (χ1) is 18.8. The lowest BCUT2D eigenvalue weighted by Gasteiger charge is -2.30. The van der Waals surface area contributed by atoms with Crippen LogP contribution >= 0.6 is 0 Å². The summed E-state index contributed by atoms with van der Waals surface area (Å²) >= 11 is 0. The van der Waals surface area contributed by atoms with Crippen LogP contribution in [0.25, 0.3) is 55.7 Å². The molecular formula is C35H20N2O. The van der Waals surface area contributed by atoms with Gasteiger partial charge in [0, 0.05) is 33.7 Å². The van der Waals surface area contributed by atoms with E-state index in [1.54, 1.807) is 0 Å². The number of rotatable bonds is 1. The molecule has 176 valence electrons. The maximum Gasteiger partial charge on any atom is 0.159 e. The van der Waals surface area contributed by atoms with E-state index in [1.807, 2.05) is 30.5 Å². The molecule has 5 aromatic carbocycles. The second-order valence-electron chi connectivity index (χ2n) is 10.2. The molecule has 7 aromatic rings. The summed E-state index contributed by atoms with van der Waals surface area (Å²) in [4.78, 5) is 9.70. The summed E-state index contributed by atoms with van der Waals surface area (Å²) in [6, 6.07) is 40.8. The Morgan fingerprint density at radius 1 is 0.605 bits per heavy atom. The molecule has 1 atom stereocenters. The van der Waals surface area contributed by atoms with Crippen LogP contribution < -0.4 is 0 Å². The molecule has 2 heterocycles. The Bertz CT molecular complexity index is 2100. The highest BCUT2D eigenvalue weighted by atomic mass is 16.3. The largest absolute Gasteiger partial charge is 0.456 e. The van der Waals surface area contributed by atoms with Crippen LogP contribution in [0.4, 0.5) is 0 Å². The van der Waals surface area contributed by atoms with Crippen LogP contribution in [0.2, 0.25) is 0 Å². The van der Waals surface area contributed by atoms with Crippen molar-refractivity contribution in [3.05, 3.63) is 144 Å². The molecule has 0 radical (unpaired) electrons. The maximum atomic E-state index is 6.59. The van der Waals surface area contributed by atoms with Gasteiger partial charge >= 0.3 is 0 Å². The van der Waals surface area contributed by atoms with E-state index in [4.69, 9.17) is 14.4 Å². The average molecular weight is 485 g/mol. The number of nitrogens with zero attached hydrogens (tertiary/aromatic N) is 2. The highest BCUT2D eigenvalue weighted by Gasteiger charge is 2.54. The predicted molar refractivity (Wildman–Crippen MR) is 151 cm³/mol. The van der Waals surface area contributed by atoms with Crippen LogP contribution in [0.5, 0.6) is 0 Å². The Labute approximate surface area is 219 Å². The fraction of sp³-hybridized carbons (Fsp3) is 0.0286. The van der Waals surface area contributed by atoms with Crippen molar-refractivity contribution >= 4 is 21.9 Å². The number of hydrogen-bond donors (Lipinski definition) is 0. The van der Waals surface area contributed by atoms with Gasteiger partial charge in [-0.25, -0.2) is 9.97 Å². The van der Waals surface area contributed by atoms with E-state index < -0.39 is 5.41 Å². The lowest BCUT2D eigenvalue weighted by molar-refractivity contribution is 0.628. The Kier molecular flexibility index (Phi) is 3.73. The highest BCUT2D eigenvalue weighted by molar-refractivity contribution is 6.02. The van der Waals surface area contributed by atoms with Crippen LogP contribution in [0.3, 0.4) is 0 Å². The molecule has 2 aliphatic carbocycles. The van der Waals surface area contributed by atoms with Gasteiger partial charge in [-0.15, -0.1) is 0 Å². The van der Waals surface area contributed by atoms with Crippen molar-refractivity contribution in [2.24, 2.45) is 0 Å². The van der Waals surface area contributed by atoms with Crippen molar-refractivity contribution in [3.63, 3.8) is 0 Å². The summed E-state index contributed by atoms with van der Waals surface area (Å²) in [5.41, 5.74) is 11.1. The second-order valence-corrected chi connectivity index (χ2v) is 10.2. The zero-order valence-corrected chi connectivity index (χ0v) is 20.3. The molecule has 2 aliphatic rings. The van der Waals surface area contributed by atoms with Crippen molar-refractivity contribution in [2.45, 2.75) is 5.41 Å². The molecule has 3 nitrogen and oxygen atoms in total. The third-order valence-corrected chi connectivity index (χ3v) is 8.34. The fourth-order valence-corrected chi connectivity index (χ4v) is 6.84. The molecular weight excluding hydrogens is 464 g/mol. The van der Waals surface area contributed by atoms with Crippen LogP contribution in [0.1, 0.15) is 22.3 Å². The fourth-order valence-electron chi connectivity index (χ4n) is 6.84. The third-order valence-electron chi connectivity index (χ3n) is 8.34. The first-order valence-electron chi connectivity index (χ1n) is 12.9. The average Bonchev–Trinajstić information content (AvgIpc) is 3.60. The Morgan fingerprint density at radius 2 is 1.32 bits per heavy atom. The topological polar surface area (TPSA) is 38.9 Å². The van der Waals surface area contributed by atoms with Gasteiger partial charge in [0.15, 0.2) is 5.82 Å². The van der Waals surface area contributed by atoms with Crippen LogP contribution in [-0.2, 0) is 5.41 Å². The van der Waals surface area contributed by atoms with E-state index in [0.29, 0.717) is 0 Å². The number of aromatic nitrogens is 2. The monoisotopic (exact) mass is 484 g/mol. The summed E-state index contributed by atoms with van der Waals surface area (Å²) < 4.78 is 6.59. The summed E-state index contributed by atoms with van der Waals surface area (Å²) in [7, 11) is 0. The third kappa shape index (κ3) is 2.34. The van der Waals surface area contributed by atoms with Crippen molar-refractivity contribution in [1.29, 1.82) is 0 Å². The zero-order chi connectivity index (χ0) is 24.8. The first-order valence-corrected chi connectivity index (χ1v) is 12.9. The molecule has 0 aliphatic heterocycles. The molecule has 0 fully saturated rings. The lowest BCUT2D eigenvalue weighted by Crippen LogP contribution is -2.25. The van der Waals surface area contributed by atoms with Gasteiger partial charge < -0.3 is 4.42 Å². The number of para-hydroxylation sites is 2. The van der Waals surface area contributed by atoms with Gasteiger partial charge in [0.2, 0.25) is 0 Å². The molecule has 1 spiro atoms. The van der Waals surface area contributed by atoms with Gasteiger partial charge in [0.1, 0.15) is 11.3 Å². The van der Waals surface area contributed by atoms with Gasteiger partial charge in [-0.3, -0.25) is 0 Å². The predicted octanol–water partition coefficient (Wildman–Crippen LogP) is 8.39. The van der Waals surface area contributed by atoms with Crippen molar-refractivity contribution in [2.75, 3.05) is 0 Å². The molecule has 0 saturated heterocycles. The summed E-state index contributed by atoms with van der Waals surface area (Å²) in [5, 5.41) is 2.20. The van der Waals surface area contributed by atoms with Crippen molar-refractivity contribution < 1.29 is 4.42 Å². The minimum Gasteiger partial charge on any atom is -0.456 e. The Balaban J connectivity index is 1.41. The molecule has 0 bridgehead atoms. The van der Waals surface area contributed by atoms with E-state index in [-0.39, 0.29) is 0 Å². The smallest absolute Gasteiger partial charge is 0.159 e. The standard InChI is InChI=1S/C35H20N2O/c1-7-15-30-22(9-1)20-36-34(37-30)21-17-18-24-23-10-2-5-13-27(23)35(29(24)19-21)28-14-6-3-11-25(28)33-32(35)26-12-4-8-16-31(26)38-33/h1-20H. The molecule has 0 N–H and O–H groups in total. The number of fused-ring (bicyclic) bond motifs is 13. The van der Waals surface area contributed by atoms with Crippen LogP contribution in [0, 0.1) is 0 Å². The molecule has 38 heavy (non-hydrogen) atoms. The Morgan fingerprint density at radius 3 is 2.24 bits per heavy atom. The van der Waals surface area contributed by atoms with Gasteiger partial charge in [-0.2, -0.15) is 0 Å². The Hall–Kier alpha value is -5.02. The second kappa shape index (κ2) is 7.05. The first kappa shape index (κ1) is 20.1. The highest BCUT2D eigenvalue weighted by Crippen LogP contribution is 2.64. The minimum absolute atomic E-state index is 0.475. The molecule has 1 unspecified atom stereocenters. The van der Waals surface area contributed by atoms with E-state index >= 15 is 0 Å². The van der Waals surface area contributed by atoms with E-state index in [9.17, 15) is 0 Å². The van der Waals surface area contributed by atoms with E-state index in [1.165, 1.54) is 33.4 Å². The summed E-state index contributed by atoms with van der Waals surface area (Å²) in [6.07, 6.45) is 1.92. The normalized spacial score (nSPS) is 16.5. The van der Waals surface area contributed by atoms with Crippen molar-refractivity contribution in [1.82, 2.24) is 9.97 Å². The van der Waals surface area contributed by atoms with Crippen LogP contribution in [0.15, 0.2) is 126 Å². The number of benzene rings is 5. The van der Waals surface area contributed by atoms with E-state index in [0.717, 1.165) is 44.6 Å². The summed E-state index contributed by atoms with van der Waals surface area (Å²) in [6.45, 7) is 0. The number of hydrogen-bond acceptors (Lipinski definition) is 3. The summed E-state index contributed by atoms with van der Waals surface area (Å²) in [5.74, 6) is 1.71. The molecule has 3 heteroatoms. The lowest BCUT2D eigenvalue weighted by atomic mass is 9.70. The molecule has 0 saturated carbocycles.